The molecular weight excluding hydrogens is 200 g/mol. The zero-order valence-electron chi connectivity index (χ0n) is 10.5. The van der Waals surface area contributed by atoms with E-state index in [2.05, 4.69) is 18.8 Å². The molecule has 0 bridgehead atoms. The Balaban J connectivity index is 0.000000394. The van der Waals surface area contributed by atoms with Gasteiger partial charge in [-0.05, 0) is 12.1 Å². The summed E-state index contributed by atoms with van der Waals surface area (Å²) in [4.78, 5) is 14.3. The van der Waals surface area contributed by atoms with Crippen LogP contribution in [0.4, 0.5) is 0 Å². The van der Waals surface area contributed by atoms with Gasteiger partial charge in [0.05, 0.1) is 0 Å². The maximum absolute atomic E-state index is 10.3. The van der Waals surface area contributed by atoms with Crippen LogP contribution in [-0.2, 0) is 0 Å². The van der Waals surface area contributed by atoms with E-state index in [9.17, 15) is 4.79 Å². The first-order valence-electron chi connectivity index (χ1n) is 5.70. The van der Waals surface area contributed by atoms with Crippen LogP contribution in [0.15, 0.2) is 30.6 Å². The predicted molar refractivity (Wildman–Crippen MR) is 67.9 cm³/mol. The van der Waals surface area contributed by atoms with Gasteiger partial charge in [-0.2, -0.15) is 0 Å². The van der Waals surface area contributed by atoms with Crippen LogP contribution in [0.3, 0.4) is 0 Å². The number of hydrogen-bond donors (Lipinski definition) is 0. The van der Waals surface area contributed by atoms with Crippen LogP contribution < -0.4 is 0 Å². The van der Waals surface area contributed by atoms with Gasteiger partial charge in [0.2, 0.25) is 0 Å². The molecule has 3 heteroatoms. The summed E-state index contributed by atoms with van der Waals surface area (Å²) >= 11 is 0. The maximum Gasteiger partial charge on any atom is 0.170 e. The molecule has 2 aromatic rings. The van der Waals surface area contributed by atoms with Gasteiger partial charge in [-0.1, -0.05) is 40.2 Å². The molecule has 0 N–H and O–H groups in total. The molecule has 0 unspecified atom stereocenters. The third kappa shape index (κ3) is 4.26. The highest BCUT2D eigenvalue weighted by atomic mass is 16.1. The van der Waals surface area contributed by atoms with Crippen molar-refractivity contribution in [2.24, 2.45) is 0 Å². The van der Waals surface area contributed by atoms with E-state index in [1.807, 2.05) is 42.6 Å². The van der Waals surface area contributed by atoms with Crippen molar-refractivity contribution in [2.45, 2.75) is 34.1 Å². The molecular formula is C13H20N2O. The van der Waals surface area contributed by atoms with Crippen LogP contribution >= 0.6 is 0 Å². The fourth-order valence-corrected chi connectivity index (χ4v) is 1.01. The zero-order valence-corrected chi connectivity index (χ0v) is 10.5. The minimum atomic E-state index is 0.469. The standard InChI is InChI=1S/C8H6N2O.C3H8.C2H6/c11-6-7-5-10-4-2-1-3-8(10)9-7;1-3-2;1-2/h1-6H;3H2,1-2H3;1-2H3. The fourth-order valence-electron chi connectivity index (χ4n) is 1.01. The molecule has 0 aliphatic rings. The van der Waals surface area contributed by atoms with Crippen molar-refractivity contribution in [3.8, 4) is 0 Å². The van der Waals surface area contributed by atoms with Crippen LogP contribution in [0.5, 0.6) is 0 Å². The van der Waals surface area contributed by atoms with E-state index in [4.69, 9.17) is 0 Å². The van der Waals surface area contributed by atoms with Crippen molar-refractivity contribution in [2.75, 3.05) is 0 Å². The third-order valence-electron chi connectivity index (χ3n) is 1.50. The average Bonchev–Trinajstić information content (AvgIpc) is 2.75. The topological polar surface area (TPSA) is 34.4 Å². The molecule has 0 aliphatic heterocycles. The lowest BCUT2D eigenvalue weighted by Crippen LogP contribution is -1.77. The molecule has 0 saturated carbocycles. The number of aromatic nitrogens is 2. The lowest BCUT2D eigenvalue weighted by Gasteiger charge is -1.86. The smallest absolute Gasteiger partial charge is 0.170 e. The lowest BCUT2D eigenvalue weighted by molar-refractivity contribution is 0.111. The Labute approximate surface area is 97.1 Å². The lowest BCUT2D eigenvalue weighted by atomic mass is 10.5. The largest absolute Gasteiger partial charge is 0.306 e. The maximum atomic E-state index is 10.3. The van der Waals surface area contributed by atoms with Crippen LogP contribution in [0.1, 0.15) is 44.6 Å². The number of nitrogens with zero attached hydrogens (tertiary/aromatic N) is 2. The Kier molecular flexibility index (Phi) is 7.76. The Hall–Kier alpha value is -1.64. The van der Waals surface area contributed by atoms with Gasteiger partial charge in [0.15, 0.2) is 6.29 Å². The van der Waals surface area contributed by atoms with E-state index in [1.165, 1.54) is 6.42 Å². The Morgan fingerprint density at radius 1 is 1.31 bits per heavy atom. The number of hydrogen-bond acceptors (Lipinski definition) is 2. The molecule has 3 nitrogen and oxygen atoms in total. The van der Waals surface area contributed by atoms with Crippen molar-refractivity contribution < 1.29 is 4.79 Å². The van der Waals surface area contributed by atoms with Crippen molar-refractivity contribution >= 4 is 11.9 Å². The van der Waals surface area contributed by atoms with Crippen molar-refractivity contribution in [1.82, 2.24) is 9.38 Å². The highest BCUT2D eigenvalue weighted by Crippen LogP contribution is 2.01. The van der Waals surface area contributed by atoms with E-state index in [1.54, 1.807) is 6.20 Å². The third-order valence-corrected chi connectivity index (χ3v) is 1.50. The van der Waals surface area contributed by atoms with Gasteiger partial charge in [-0.25, -0.2) is 4.98 Å². The number of pyridine rings is 1. The summed E-state index contributed by atoms with van der Waals surface area (Å²) in [6.45, 7) is 8.25. The molecule has 0 fully saturated rings. The summed E-state index contributed by atoms with van der Waals surface area (Å²) in [5, 5.41) is 0. The summed E-state index contributed by atoms with van der Waals surface area (Å²) in [5.41, 5.74) is 1.27. The Morgan fingerprint density at radius 3 is 2.44 bits per heavy atom. The van der Waals surface area contributed by atoms with Crippen LogP contribution in [0, 0.1) is 0 Å². The van der Waals surface area contributed by atoms with Gasteiger partial charge < -0.3 is 4.40 Å². The summed E-state index contributed by atoms with van der Waals surface area (Å²) in [5.74, 6) is 0. The summed E-state index contributed by atoms with van der Waals surface area (Å²) < 4.78 is 1.81. The fraction of sp³-hybridized carbons (Fsp3) is 0.385. The van der Waals surface area contributed by atoms with Crippen LogP contribution in [0.25, 0.3) is 5.65 Å². The molecule has 2 heterocycles. The van der Waals surface area contributed by atoms with Gasteiger partial charge >= 0.3 is 0 Å². The molecule has 2 rings (SSSR count). The quantitative estimate of drug-likeness (QED) is 0.688. The molecule has 88 valence electrons. The molecule has 0 aliphatic carbocycles. The number of aldehydes is 1. The SMILES string of the molecule is CC.CCC.O=Cc1cn2ccccc2n1. The van der Waals surface area contributed by atoms with Crippen molar-refractivity contribution in [3.63, 3.8) is 0 Å². The molecule has 0 aromatic carbocycles. The molecule has 0 atom stereocenters. The Bertz CT molecular complexity index is 374. The number of rotatable bonds is 1. The highest BCUT2D eigenvalue weighted by Gasteiger charge is 1.96. The highest BCUT2D eigenvalue weighted by molar-refractivity contribution is 5.73. The first-order valence-corrected chi connectivity index (χ1v) is 5.70. The first kappa shape index (κ1) is 14.4. The second-order valence-corrected chi connectivity index (χ2v) is 2.96. The summed E-state index contributed by atoms with van der Waals surface area (Å²) in [6.07, 6.45) is 5.55. The van der Waals surface area contributed by atoms with Gasteiger partial charge in [0.25, 0.3) is 0 Å². The first-order chi connectivity index (χ1) is 7.81. The molecule has 2 aromatic heterocycles. The van der Waals surface area contributed by atoms with E-state index < -0.39 is 0 Å². The molecule has 0 amide bonds. The van der Waals surface area contributed by atoms with Gasteiger partial charge in [0, 0.05) is 12.4 Å². The minimum absolute atomic E-state index is 0.469. The van der Waals surface area contributed by atoms with E-state index in [-0.39, 0.29) is 0 Å². The van der Waals surface area contributed by atoms with Crippen molar-refractivity contribution in [3.05, 3.63) is 36.3 Å². The number of carbonyl (C=O) groups excluding carboxylic acids is 1. The minimum Gasteiger partial charge on any atom is -0.306 e. The number of fused-ring (bicyclic) bond motifs is 1. The normalized spacial score (nSPS) is 8.50. The monoisotopic (exact) mass is 220 g/mol. The Morgan fingerprint density at radius 2 is 1.94 bits per heavy atom. The van der Waals surface area contributed by atoms with Crippen molar-refractivity contribution in [1.29, 1.82) is 0 Å². The summed E-state index contributed by atoms with van der Waals surface area (Å²) in [6, 6.07) is 5.63. The predicted octanol–water partition coefficient (Wildman–Crippen LogP) is 3.59. The van der Waals surface area contributed by atoms with Crippen LogP contribution in [0.2, 0.25) is 0 Å². The van der Waals surface area contributed by atoms with E-state index in [0.717, 1.165) is 11.9 Å². The number of carbonyl (C=O) groups is 1. The molecule has 16 heavy (non-hydrogen) atoms. The van der Waals surface area contributed by atoms with Gasteiger partial charge in [-0.15, -0.1) is 0 Å². The molecule has 0 saturated heterocycles. The van der Waals surface area contributed by atoms with E-state index in [0.29, 0.717) is 5.69 Å². The second-order valence-electron chi connectivity index (χ2n) is 2.96. The van der Waals surface area contributed by atoms with Gasteiger partial charge in [0.1, 0.15) is 11.3 Å². The van der Waals surface area contributed by atoms with E-state index >= 15 is 0 Å². The number of imidazole rings is 1. The average molecular weight is 220 g/mol. The van der Waals surface area contributed by atoms with Crippen LogP contribution in [-0.4, -0.2) is 15.7 Å². The molecule has 0 spiro atoms. The molecule has 0 radical (unpaired) electrons. The van der Waals surface area contributed by atoms with Gasteiger partial charge in [-0.3, -0.25) is 4.79 Å². The summed E-state index contributed by atoms with van der Waals surface area (Å²) in [7, 11) is 0. The second kappa shape index (κ2) is 8.65. The zero-order chi connectivity index (χ0) is 12.4.